The maximum Gasteiger partial charge on any atom is 0.243 e. The lowest BCUT2D eigenvalue weighted by Gasteiger charge is -2.27. The third-order valence-corrected chi connectivity index (χ3v) is 6.32. The van der Waals surface area contributed by atoms with Crippen molar-refractivity contribution in [1.82, 2.24) is 4.31 Å². The zero-order valence-electron chi connectivity index (χ0n) is 12.3. The highest BCUT2D eigenvalue weighted by Gasteiger charge is 2.27. The van der Waals surface area contributed by atoms with Crippen LogP contribution in [-0.2, 0) is 14.8 Å². The van der Waals surface area contributed by atoms with Crippen LogP contribution in [0.25, 0.3) is 0 Å². The predicted molar refractivity (Wildman–Crippen MR) is 86.7 cm³/mol. The SMILES string of the molecule is Cc1c(N)cc(Br)cc1S(=O)(=O)N(C)CC1CCOCC1. The Morgan fingerprint density at radius 2 is 2.00 bits per heavy atom. The van der Waals surface area contributed by atoms with E-state index in [9.17, 15) is 8.42 Å². The molecule has 2 N–H and O–H groups in total. The third-order valence-electron chi connectivity index (χ3n) is 3.91. The van der Waals surface area contributed by atoms with Gasteiger partial charge in [-0.25, -0.2) is 12.7 Å². The molecule has 1 aliphatic rings. The van der Waals surface area contributed by atoms with Crippen molar-refractivity contribution in [2.45, 2.75) is 24.7 Å². The van der Waals surface area contributed by atoms with Crippen molar-refractivity contribution in [2.75, 3.05) is 32.5 Å². The first-order chi connectivity index (χ1) is 9.82. The van der Waals surface area contributed by atoms with Crippen molar-refractivity contribution >= 4 is 31.6 Å². The number of anilines is 1. The first-order valence-corrected chi connectivity index (χ1v) is 9.15. The Hall–Kier alpha value is -0.630. The third kappa shape index (κ3) is 3.77. The summed E-state index contributed by atoms with van der Waals surface area (Å²) in [6.07, 6.45) is 1.80. The average molecular weight is 377 g/mol. The molecule has 118 valence electrons. The number of rotatable bonds is 4. The average Bonchev–Trinajstić information content (AvgIpc) is 2.43. The van der Waals surface area contributed by atoms with E-state index >= 15 is 0 Å². The standard InChI is InChI=1S/C14H21BrN2O3S/c1-10-13(16)7-12(15)8-14(10)21(18,19)17(2)9-11-3-5-20-6-4-11/h7-8,11H,3-6,9,16H2,1-2H3. The minimum Gasteiger partial charge on any atom is -0.398 e. The molecule has 1 saturated heterocycles. The molecule has 1 fully saturated rings. The van der Waals surface area contributed by atoms with E-state index in [0.717, 1.165) is 12.8 Å². The molecule has 0 radical (unpaired) electrons. The molecule has 0 aromatic heterocycles. The second-order valence-corrected chi connectivity index (χ2v) is 8.39. The Labute approximate surface area is 134 Å². The van der Waals surface area contributed by atoms with E-state index < -0.39 is 10.0 Å². The maximum absolute atomic E-state index is 12.7. The van der Waals surface area contributed by atoms with Crippen molar-refractivity contribution in [3.8, 4) is 0 Å². The molecule has 0 bridgehead atoms. The fourth-order valence-electron chi connectivity index (χ4n) is 2.50. The predicted octanol–water partition coefficient (Wildman–Crippen LogP) is 2.39. The lowest BCUT2D eigenvalue weighted by molar-refractivity contribution is 0.0620. The number of nitrogens with two attached hydrogens (primary N) is 1. The van der Waals surface area contributed by atoms with E-state index in [2.05, 4.69) is 15.9 Å². The number of sulfonamides is 1. The Bertz CT molecular complexity index is 613. The Balaban J connectivity index is 2.24. The molecule has 1 heterocycles. The quantitative estimate of drug-likeness (QED) is 0.818. The van der Waals surface area contributed by atoms with E-state index in [1.54, 1.807) is 26.1 Å². The van der Waals surface area contributed by atoms with Gasteiger partial charge in [-0.2, -0.15) is 0 Å². The second kappa shape index (κ2) is 6.64. The van der Waals surface area contributed by atoms with Crippen LogP contribution in [0.15, 0.2) is 21.5 Å². The smallest absolute Gasteiger partial charge is 0.243 e. The molecular weight excluding hydrogens is 356 g/mol. The molecular formula is C14H21BrN2O3S. The van der Waals surface area contributed by atoms with Gasteiger partial charge in [0.05, 0.1) is 4.90 Å². The highest BCUT2D eigenvalue weighted by atomic mass is 79.9. The van der Waals surface area contributed by atoms with Gasteiger partial charge in [-0.05, 0) is 43.4 Å². The van der Waals surface area contributed by atoms with E-state index in [-0.39, 0.29) is 4.90 Å². The van der Waals surface area contributed by atoms with Crippen LogP contribution in [0.5, 0.6) is 0 Å². The molecule has 0 saturated carbocycles. The van der Waals surface area contributed by atoms with Gasteiger partial charge in [0.25, 0.3) is 0 Å². The van der Waals surface area contributed by atoms with Crippen molar-refractivity contribution in [1.29, 1.82) is 0 Å². The molecule has 0 aliphatic carbocycles. The summed E-state index contributed by atoms with van der Waals surface area (Å²) in [5.41, 5.74) is 6.94. The van der Waals surface area contributed by atoms with Gasteiger partial charge in [-0.15, -0.1) is 0 Å². The highest BCUT2D eigenvalue weighted by Crippen LogP contribution is 2.29. The molecule has 5 nitrogen and oxygen atoms in total. The fraction of sp³-hybridized carbons (Fsp3) is 0.571. The van der Waals surface area contributed by atoms with Crippen molar-refractivity contribution in [3.05, 3.63) is 22.2 Å². The molecule has 7 heteroatoms. The lowest BCUT2D eigenvalue weighted by atomic mass is 10.0. The van der Waals surface area contributed by atoms with Crippen molar-refractivity contribution in [2.24, 2.45) is 5.92 Å². The van der Waals surface area contributed by atoms with Gasteiger partial charge in [-0.3, -0.25) is 0 Å². The molecule has 1 aliphatic heterocycles. The van der Waals surface area contributed by atoms with Gasteiger partial charge in [0, 0.05) is 37.0 Å². The first-order valence-electron chi connectivity index (χ1n) is 6.92. The van der Waals surface area contributed by atoms with E-state index in [1.807, 2.05) is 0 Å². The van der Waals surface area contributed by atoms with Crippen LogP contribution >= 0.6 is 15.9 Å². The molecule has 0 unspecified atom stereocenters. The van der Waals surface area contributed by atoms with Crippen molar-refractivity contribution in [3.63, 3.8) is 0 Å². The van der Waals surface area contributed by atoms with Gasteiger partial charge >= 0.3 is 0 Å². The summed E-state index contributed by atoms with van der Waals surface area (Å²) in [5.74, 6) is 0.350. The summed E-state index contributed by atoms with van der Waals surface area (Å²) in [5, 5.41) is 0. The van der Waals surface area contributed by atoms with Gasteiger partial charge in [0.15, 0.2) is 0 Å². The number of ether oxygens (including phenoxy) is 1. The summed E-state index contributed by atoms with van der Waals surface area (Å²) in [7, 11) is -1.91. The molecule has 0 spiro atoms. The minimum absolute atomic E-state index is 0.268. The monoisotopic (exact) mass is 376 g/mol. The largest absolute Gasteiger partial charge is 0.398 e. The minimum atomic E-state index is -3.53. The number of hydrogen-bond acceptors (Lipinski definition) is 4. The summed E-state index contributed by atoms with van der Waals surface area (Å²) in [6, 6.07) is 3.33. The number of hydrogen-bond donors (Lipinski definition) is 1. The number of nitrogens with zero attached hydrogens (tertiary/aromatic N) is 1. The van der Waals surface area contributed by atoms with E-state index in [0.29, 0.717) is 41.4 Å². The first kappa shape index (κ1) is 16.7. The molecule has 1 aromatic rings. The Kier molecular flexibility index (Phi) is 5.29. The molecule has 0 atom stereocenters. The van der Waals surface area contributed by atoms with Crippen molar-refractivity contribution < 1.29 is 13.2 Å². The van der Waals surface area contributed by atoms with Crippen LogP contribution in [0.1, 0.15) is 18.4 Å². The fourth-order valence-corrected chi connectivity index (χ4v) is 4.65. The number of halogens is 1. The normalized spacial score (nSPS) is 17.3. The van der Waals surface area contributed by atoms with E-state index in [4.69, 9.17) is 10.5 Å². The molecule has 2 rings (SSSR count). The number of benzene rings is 1. The second-order valence-electron chi connectivity index (χ2n) is 5.46. The lowest BCUT2D eigenvalue weighted by Crippen LogP contribution is -2.34. The van der Waals surface area contributed by atoms with Gasteiger partial charge < -0.3 is 10.5 Å². The van der Waals surface area contributed by atoms with Crippen LogP contribution in [-0.4, -0.2) is 39.5 Å². The summed E-state index contributed by atoms with van der Waals surface area (Å²) < 4.78 is 32.9. The van der Waals surface area contributed by atoms with Gasteiger partial charge in [0.1, 0.15) is 0 Å². The van der Waals surface area contributed by atoms with Gasteiger partial charge in [0.2, 0.25) is 10.0 Å². The van der Waals surface area contributed by atoms with Crippen LogP contribution < -0.4 is 5.73 Å². The van der Waals surface area contributed by atoms with Crippen LogP contribution in [0.3, 0.4) is 0 Å². The zero-order chi connectivity index (χ0) is 15.6. The Morgan fingerprint density at radius 1 is 1.38 bits per heavy atom. The summed E-state index contributed by atoms with van der Waals surface area (Å²) in [4.78, 5) is 0.268. The van der Waals surface area contributed by atoms with E-state index in [1.165, 1.54) is 4.31 Å². The Morgan fingerprint density at radius 3 is 2.62 bits per heavy atom. The van der Waals surface area contributed by atoms with Gasteiger partial charge in [-0.1, -0.05) is 15.9 Å². The van der Waals surface area contributed by atoms with Crippen LogP contribution in [0.2, 0.25) is 0 Å². The highest BCUT2D eigenvalue weighted by molar-refractivity contribution is 9.10. The molecule has 21 heavy (non-hydrogen) atoms. The van der Waals surface area contributed by atoms with Crippen LogP contribution in [0, 0.1) is 12.8 Å². The molecule has 0 amide bonds. The number of nitrogen functional groups attached to an aromatic ring is 1. The maximum atomic E-state index is 12.7. The zero-order valence-corrected chi connectivity index (χ0v) is 14.7. The van der Waals surface area contributed by atoms with Crippen LogP contribution in [0.4, 0.5) is 5.69 Å². The topological polar surface area (TPSA) is 72.6 Å². The summed E-state index contributed by atoms with van der Waals surface area (Å²) >= 11 is 3.31. The summed E-state index contributed by atoms with van der Waals surface area (Å²) in [6.45, 7) is 3.66. The molecule has 1 aromatic carbocycles.